The highest BCUT2D eigenvalue weighted by Gasteiger charge is 2.15. The minimum Gasteiger partial charge on any atom is -0.397 e. The van der Waals surface area contributed by atoms with Crippen LogP contribution in [0.15, 0.2) is 48.5 Å². The molecule has 3 nitrogen and oxygen atoms in total. The maximum Gasteiger partial charge on any atom is 0.263 e. The molecular weight excluding hydrogens is 304 g/mol. The van der Waals surface area contributed by atoms with Gasteiger partial charge < -0.3 is 11.1 Å². The second-order valence-corrected chi connectivity index (χ2v) is 6.07. The number of benzene rings is 2. The minimum absolute atomic E-state index is 0.173. The highest BCUT2D eigenvalue weighted by molar-refractivity contribution is 7.21. The van der Waals surface area contributed by atoms with Crippen molar-refractivity contribution in [2.75, 3.05) is 5.73 Å². The minimum atomic E-state index is -0.173. The van der Waals surface area contributed by atoms with E-state index >= 15 is 0 Å². The lowest BCUT2D eigenvalue weighted by Crippen LogP contribution is -2.22. The molecule has 0 bridgehead atoms. The van der Waals surface area contributed by atoms with Crippen LogP contribution in [0.4, 0.5) is 5.69 Å². The van der Waals surface area contributed by atoms with Crippen LogP contribution in [0.3, 0.4) is 0 Å². The molecule has 0 saturated heterocycles. The topological polar surface area (TPSA) is 55.1 Å². The molecular formula is C16H13ClN2OS. The maximum absolute atomic E-state index is 12.3. The monoisotopic (exact) mass is 316 g/mol. The number of halogens is 1. The van der Waals surface area contributed by atoms with Gasteiger partial charge in [0.1, 0.15) is 4.88 Å². The SMILES string of the molecule is Nc1c(C(=O)NCc2ccccc2Cl)sc2ccccc12. The van der Waals surface area contributed by atoms with Crippen molar-refractivity contribution < 1.29 is 4.79 Å². The summed E-state index contributed by atoms with van der Waals surface area (Å²) in [6.07, 6.45) is 0. The number of amides is 1. The quantitative estimate of drug-likeness (QED) is 0.765. The summed E-state index contributed by atoms with van der Waals surface area (Å²) >= 11 is 7.48. The first kappa shape index (κ1) is 13.9. The average Bonchev–Trinajstić information content (AvgIpc) is 2.84. The first-order chi connectivity index (χ1) is 10.2. The lowest BCUT2D eigenvalue weighted by Gasteiger charge is -2.06. The molecule has 0 atom stereocenters. The van der Waals surface area contributed by atoms with Crippen molar-refractivity contribution in [1.29, 1.82) is 0 Å². The van der Waals surface area contributed by atoms with Gasteiger partial charge in [0.2, 0.25) is 0 Å². The Balaban J connectivity index is 1.81. The maximum atomic E-state index is 12.3. The Bertz CT molecular complexity index is 813. The van der Waals surface area contributed by atoms with Crippen LogP contribution in [-0.4, -0.2) is 5.91 Å². The van der Waals surface area contributed by atoms with E-state index in [4.69, 9.17) is 17.3 Å². The normalized spacial score (nSPS) is 10.7. The molecule has 3 aromatic rings. The van der Waals surface area contributed by atoms with Gasteiger partial charge in [0, 0.05) is 21.7 Å². The number of nitrogens with one attached hydrogen (secondary N) is 1. The molecule has 2 aromatic carbocycles. The molecule has 0 aliphatic heterocycles. The summed E-state index contributed by atoms with van der Waals surface area (Å²) in [6.45, 7) is 0.381. The number of anilines is 1. The summed E-state index contributed by atoms with van der Waals surface area (Å²) < 4.78 is 1.01. The van der Waals surface area contributed by atoms with Crippen LogP contribution < -0.4 is 11.1 Å². The van der Waals surface area contributed by atoms with Gasteiger partial charge in [-0.2, -0.15) is 0 Å². The van der Waals surface area contributed by atoms with E-state index in [2.05, 4.69) is 5.32 Å². The van der Waals surface area contributed by atoms with Gasteiger partial charge in [0.15, 0.2) is 0 Å². The Kier molecular flexibility index (Phi) is 3.82. The standard InChI is InChI=1S/C16H13ClN2OS/c17-12-7-3-1-5-10(12)9-19-16(20)15-14(18)11-6-2-4-8-13(11)21-15/h1-8H,9,18H2,(H,19,20). The first-order valence-corrected chi connectivity index (χ1v) is 7.65. The van der Waals surface area contributed by atoms with E-state index in [0.717, 1.165) is 15.6 Å². The fourth-order valence-electron chi connectivity index (χ4n) is 2.13. The van der Waals surface area contributed by atoms with Gasteiger partial charge in [-0.1, -0.05) is 48.0 Å². The fourth-order valence-corrected chi connectivity index (χ4v) is 3.37. The van der Waals surface area contributed by atoms with E-state index in [9.17, 15) is 4.79 Å². The van der Waals surface area contributed by atoms with Gasteiger partial charge in [-0.05, 0) is 17.7 Å². The molecule has 5 heteroatoms. The van der Waals surface area contributed by atoms with Gasteiger partial charge in [-0.3, -0.25) is 4.79 Å². The number of carbonyl (C=O) groups excluding carboxylic acids is 1. The van der Waals surface area contributed by atoms with E-state index in [1.165, 1.54) is 11.3 Å². The van der Waals surface area contributed by atoms with Crippen molar-refractivity contribution in [2.45, 2.75) is 6.54 Å². The molecule has 0 saturated carbocycles. The molecule has 21 heavy (non-hydrogen) atoms. The Hall–Kier alpha value is -2.04. The number of nitrogens with two attached hydrogens (primary N) is 1. The summed E-state index contributed by atoms with van der Waals surface area (Å²) in [4.78, 5) is 12.8. The first-order valence-electron chi connectivity index (χ1n) is 6.45. The van der Waals surface area contributed by atoms with Gasteiger partial charge in [-0.15, -0.1) is 11.3 Å². The van der Waals surface area contributed by atoms with Crippen LogP contribution in [0.2, 0.25) is 5.02 Å². The molecule has 1 amide bonds. The third-order valence-corrected chi connectivity index (χ3v) is 4.79. The Labute approximate surface area is 131 Å². The van der Waals surface area contributed by atoms with E-state index in [1.54, 1.807) is 6.07 Å². The molecule has 106 valence electrons. The zero-order valence-electron chi connectivity index (χ0n) is 11.1. The lowest BCUT2D eigenvalue weighted by atomic mass is 10.2. The second-order valence-electron chi connectivity index (χ2n) is 4.62. The third-order valence-electron chi connectivity index (χ3n) is 3.24. The van der Waals surface area contributed by atoms with Crippen molar-refractivity contribution in [3.63, 3.8) is 0 Å². The molecule has 0 spiro atoms. The summed E-state index contributed by atoms with van der Waals surface area (Å²) in [5.74, 6) is -0.173. The van der Waals surface area contributed by atoms with Gasteiger partial charge >= 0.3 is 0 Å². The van der Waals surface area contributed by atoms with Crippen molar-refractivity contribution >= 4 is 44.6 Å². The molecule has 0 fully saturated rings. The van der Waals surface area contributed by atoms with Crippen LogP contribution in [0, 0.1) is 0 Å². The predicted octanol–water partition coefficient (Wildman–Crippen LogP) is 4.07. The van der Waals surface area contributed by atoms with Crippen molar-refractivity contribution in [2.24, 2.45) is 0 Å². The summed E-state index contributed by atoms with van der Waals surface area (Å²) in [6, 6.07) is 15.2. The van der Waals surface area contributed by atoms with E-state index in [-0.39, 0.29) is 5.91 Å². The van der Waals surface area contributed by atoms with Crippen molar-refractivity contribution in [1.82, 2.24) is 5.32 Å². The zero-order valence-corrected chi connectivity index (χ0v) is 12.7. The summed E-state index contributed by atoms with van der Waals surface area (Å²) in [5.41, 5.74) is 7.48. The van der Waals surface area contributed by atoms with Crippen LogP contribution in [0.1, 0.15) is 15.2 Å². The van der Waals surface area contributed by atoms with Gasteiger partial charge in [0.05, 0.1) is 5.69 Å². The highest BCUT2D eigenvalue weighted by atomic mass is 35.5. The lowest BCUT2D eigenvalue weighted by molar-refractivity contribution is 0.0956. The number of fused-ring (bicyclic) bond motifs is 1. The van der Waals surface area contributed by atoms with E-state index in [0.29, 0.717) is 22.1 Å². The number of carbonyl (C=O) groups is 1. The molecule has 3 rings (SSSR count). The van der Waals surface area contributed by atoms with Crippen LogP contribution >= 0.6 is 22.9 Å². The Morgan fingerprint density at radius 2 is 1.86 bits per heavy atom. The summed E-state index contributed by atoms with van der Waals surface area (Å²) in [5, 5.41) is 4.43. The number of thiophene rings is 1. The zero-order chi connectivity index (χ0) is 14.8. The molecule has 0 radical (unpaired) electrons. The molecule has 0 aliphatic rings. The summed E-state index contributed by atoms with van der Waals surface area (Å²) in [7, 11) is 0. The van der Waals surface area contributed by atoms with E-state index in [1.807, 2.05) is 42.5 Å². The van der Waals surface area contributed by atoms with Gasteiger partial charge in [-0.25, -0.2) is 0 Å². The molecule has 0 unspecified atom stereocenters. The molecule has 1 aromatic heterocycles. The number of rotatable bonds is 3. The Morgan fingerprint density at radius 3 is 2.62 bits per heavy atom. The molecule has 1 heterocycles. The smallest absolute Gasteiger partial charge is 0.263 e. The average molecular weight is 317 g/mol. The molecule has 3 N–H and O–H groups in total. The number of nitrogen functional groups attached to an aromatic ring is 1. The van der Waals surface area contributed by atoms with Crippen molar-refractivity contribution in [3.05, 3.63) is 64.0 Å². The third kappa shape index (κ3) is 2.73. The van der Waals surface area contributed by atoms with Crippen LogP contribution in [0.5, 0.6) is 0 Å². The van der Waals surface area contributed by atoms with E-state index < -0.39 is 0 Å². The van der Waals surface area contributed by atoms with Gasteiger partial charge in [0.25, 0.3) is 5.91 Å². The number of hydrogen-bond acceptors (Lipinski definition) is 3. The fraction of sp³-hybridized carbons (Fsp3) is 0.0625. The largest absolute Gasteiger partial charge is 0.397 e. The number of hydrogen-bond donors (Lipinski definition) is 2. The highest BCUT2D eigenvalue weighted by Crippen LogP contribution is 2.33. The second kappa shape index (κ2) is 5.76. The molecule has 0 aliphatic carbocycles. The van der Waals surface area contributed by atoms with Crippen molar-refractivity contribution in [3.8, 4) is 0 Å². The van der Waals surface area contributed by atoms with Crippen LogP contribution in [0.25, 0.3) is 10.1 Å². The Morgan fingerprint density at radius 1 is 1.14 bits per heavy atom. The predicted molar refractivity (Wildman–Crippen MR) is 88.9 cm³/mol. The van der Waals surface area contributed by atoms with Crippen LogP contribution in [-0.2, 0) is 6.54 Å².